The van der Waals surface area contributed by atoms with Crippen LogP contribution in [0, 0.1) is 0 Å². The van der Waals surface area contributed by atoms with Gasteiger partial charge in [0.25, 0.3) is 0 Å². The second kappa shape index (κ2) is 34.5. The van der Waals surface area contributed by atoms with Gasteiger partial charge in [0.2, 0.25) is 0 Å². The van der Waals surface area contributed by atoms with Gasteiger partial charge in [0.1, 0.15) is 36.6 Å². The minimum atomic E-state index is -6.68. The number of phosphoric ester groups is 6. The maximum absolute atomic E-state index is 11.1. The van der Waals surface area contributed by atoms with Crippen LogP contribution in [0.1, 0.15) is 0 Å². The van der Waals surface area contributed by atoms with Gasteiger partial charge in [0.15, 0.2) is 0 Å². The van der Waals surface area contributed by atoms with Gasteiger partial charge in [-0.3, -0.25) is 0 Å². The molecule has 0 aromatic carbocycles. The minimum absolute atomic E-state index is 0. The predicted octanol–water partition coefficient (Wildman–Crippen LogP) is -46.7. The maximum atomic E-state index is 11.1. The van der Waals surface area contributed by atoms with Crippen LogP contribution in [-0.2, 0) is 54.5 Å². The molecule has 0 unspecified atom stereocenters. The van der Waals surface area contributed by atoms with Crippen molar-refractivity contribution < 1.29 is 340 Å². The monoisotopic (exact) mass is 732 g/mol. The van der Waals surface area contributed by atoms with Crippen LogP contribution in [-0.4, -0.2) is 36.6 Å². The summed E-state index contributed by atoms with van der Waals surface area (Å²) in [7, 11) is -40.1. The van der Waals surface area contributed by atoms with E-state index in [2.05, 4.69) is 27.1 Å². The molecule has 1 rings (SSSR count). The second-order valence-corrected chi connectivity index (χ2v) is 12.7. The topological polar surface area (TPSA) is 435 Å². The Hall–Kier alpha value is 7.83. The van der Waals surface area contributed by atoms with Crippen LogP contribution in [0.5, 0.6) is 0 Å². The molecule has 0 saturated heterocycles. The van der Waals surface area contributed by atoms with Crippen molar-refractivity contribution in [3.05, 3.63) is 0 Å². The van der Waals surface area contributed by atoms with E-state index >= 15 is 0 Å². The van der Waals surface area contributed by atoms with E-state index in [1.807, 2.05) is 0 Å². The summed E-state index contributed by atoms with van der Waals surface area (Å²) >= 11 is 0. The first kappa shape index (κ1) is 87.4. The molecule has 42 heteroatoms. The number of hydrogen-bond acceptors (Lipinski definition) is 24. The molecule has 0 aromatic rings. The minimum Gasteiger partial charge on any atom is -0.790 e. The van der Waals surface area contributed by atoms with Crippen molar-refractivity contribution in [1.82, 2.24) is 0 Å². The summed E-state index contributed by atoms with van der Waals surface area (Å²) < 4.78 is 88.3. The molecule has 0 amide bonds. The molecule has 1 aliphatic carbocycles. The first-order chi connectivity index (χ1) is 15.6. The van der Waals surface area contributed by atoms with Gasteiger partial charge in [-0.25, -0.2) is 0 Å². The molecule has 0 atom stereocenters. The zero-order valence-corrected chi connectivity index (χ0v) is 33.3. The molecule has 0 heterocycles. The van der Waals surface area contributed by atoms with Gasteiger partial charge in [-0.15, -0.1) is 0 Å². The summed E-state index contributed by atoms with van der Waals surface area (Å²) in [5.74, 6) is 0. The number of phosphoric acid groups is 6. The van der Waals surface area contributed by atoms with Crippen molar-refractivity contribution >= 4 is 46.9 Å². The summed E-state index contributed by atoms with van der Waals surface area (Å²) in [6.45, 7) is 0. The molecular formula is C6H6Li12O24P6. The summed E-state index contributed by atoms with van der Waals surface area (Å²) in [4.78, 5) is 133. The molecule has 1 fully saturated rings. The van der Waals surface area contributed by atoms with E-state index in [9.17, 15) is 86.1 Å². The SMILES string of the molecule is O=P([O-])([O-])OC1C(OP(=O)([O-])[O-])C(OP(=O)([O-])[O-])C(OP(=O)([O-])[O-])C(OP(=O)([O-])[O-])C1OP(=O)([O-])[O-].[Li+].[Li+].[Li+].[Li+].[Li+].[Li+].[Li+].[Li+].[Li+].[Li+].[Li+].[Li+]. The summed E-state index contributed by atoms with van der Waals surface area (Å²) in [6.07, 6.45) is -21.5. The molecule has 0 aliphatic heterocycles. The van der Waals surface area contributed by atoms with Crippen molar-refractivity contribution in [1.29, 1.82) is 0 Å². The zero-order chi connectivity index (χ0) is 28.7. The molecular weight excluding hydrogens is 725 g/mol. The van der Waals surface area contributed by atoms with E-state index in [1.165, 1.54) is 0 Å². The Balaban J connectivity index is -0.000000108. The van der Waals surface area contributed by atoms with Crippen LogP contribution >= 0.6 is 46.9 Å². The van der Waals surface area contributed by atoms with E-state index in [-0.39, 0.29) is 226 Å². The Kier molecular flexibility index (Phi) is 62.9. The first-order valence-electron chi connectivity index (χ1n) is 7.80. The van der Waals surface area contributed by atoms with Gasteiger partial charge in [-0.05, 0) is 0 Å². The summed E-state index contributed by atoms with van der Waals surface area (Å²) in [6, 6.07) is 0. The molecule has 0 spiro atoms. The van der Waals surface area contributed by atoms with Crippen LogP contribution in [0.4, 0.5) is 0 Å². The third-order valence-electron chi connectivity index (χ3n) is 3.45. The quantitative estimate of drug-likeness (QED) is 0.133. The van der Waals surface area contributed by atoms with Gasteiger partial charge < -0.3 is 113 Å². The fourth-order valence-electron chi connectivity index (χ4n) is 2.74. The Bertz CT molecular complexity index is 857. The first-order valence-corrected chi connectivity index (χ1v) is 16.6. The average molecular weight is 731 g/mol. The van der Waals surface area contributed by atoms with Gasteiger partial charge in [-0.2, -0.15) is 0 Å². The molecule has 216 valence electrons. The third kappa shape index (κ3) is 39.3. The van der Waals surface area contributed by atoms with Crippen molar-refractivity contribution in [3.8, 4) is 0 Å². The smallest absolute Gasteiger partial charge is 0.790 e. The largest absolute Gasteiger partial charge is 1.00 e. The fourth-order valence-corrected chi connectivity index (χ4v) is 5.96. The van der Waals surface area contributed by atoms with E-state index < -0.39 is 83.6 Å². The molecule has 0 bridgehead atoms. The fraction of sp³-hybridized carbons (Fsp3) is 1.00. The Morgan fingerprint density at radius 1 is 0.229 bits per heavy atom. The van der Waals surface area contributed by atoms with Crippen molar-refractivity contribution in [2.45, 2.75) is 36.6 Å². The van der Waals surface area contributed by atoms with Crippen LogP contribution in [0.25, 0.3) is 0 Å². The Labute approximate surface area is 417 Å². The molecule has 1 saturated carbocycles. The zero-order valence-electron chi connectivity index (χ0n) is 27.9. The van der Waals surface area contributed by atoms with Crippen molar-refractivity contribution in [2.75, 3.05) is 0 Å². The van der Waals surface area contributed by atoms with Gasteiger partial charge in [-0.1, -0.05) is 0 Å². The van der Waals surface area contributed by atoms with Crippen molar-refractivity contribution in [2.24, 2.45) is 0 Å². The molecule has 48 heavy (non-hydrogen) atoms. The summed E-state index contributed by atoms with van der Waals surface area (Å²) in [5.41, 5.74) is 0. The van der Waals surface area contributed by atoms with E-state index in [0.717, 1.165) is 0 Å². The maximum Gasteiger partial charge on any atom is 1.00 e. The average Bonchev–Trinajstić information content (AvgIpc) is 2.51. The number of rotatable bonds is 12. The van der Waals surface area contributed by atoms with E-state index in [0.29, 0.717) is 0 Å². The van der Waals surface area contributed by atoms with Gasteiger partial charge in [0, 0.05) is 0 Å². The van der Waals surface area contributed by atoms with Crippen LogP contribution in [0.3, 0.4) is 0 Å². The Morgan fingerprint density at radius 2 is 0.292 bits per heavy atom. The van der Waals surface area contributed by atoms with Crippen LogP contribution in [0.2, 0.25) is 0 Å². The third-order valence-corrected chi connectivity index (χ3v) is 6.46. The molecule has 24 nitrogen and oxygen atoms in total. The molecule has 1 aliphatic rings. The standard InChI is InChI=1S/C6H18O24P6.12Li/c7-31(8,9)25-1-2(26-32(10,11)12)4(28-34(16,17)18)6(30-36(22,23)24)5(29-35(19,20)21)3(1)27-33(13,14)15;;;;;;;;;;;;/h1-6H,(H2,7,8,9)(H2,10,11,12)(H2,13,14,15)(H2,16,17,18)(H2,19,20,21)(H2,22,23,24);;;;;;;;;;;;/q;12*+1/p-12. The van der Waals surface area contributed by atoms with E-state index in [4.69, 9.17) is 0 Å². The second-order valence-electron chi connectivity index (χ2n) is 6.10. The molecule has 0 aromatic heterocycles. The molecule has 0 radical (unpaired) electrons. The van der Waals surface area contributed by atoms with Crippen molar-refractivity contribution in [3.63, 3.8) is 0 Å². The number of hydrogen-bond donors (Lipinski definition) is 0. The van der Waals surface area contributed by atoms with Crippen LogP contribution < -0.4 is 285 Å². The molecule has 0 N–H and O–H groups in total. The normalized spacial score (nSPS) is 22.0. The van der Waals surface area contributed by atoms with Gasteiger partial charge >= 0.3 is 226 Å². The summed E-state index contributed by atoms with van der Waals surface area (Å²) in [5, 5.41) is 0. The van der Waals surface area contributed by atoms with Crippen LogP contribution in [0.15, 0.2) is 0 Å². The van der Waals surface area contributed by atoms with E-state index in [1.54, 1.807) is 0 Å². The Morgan fingerprint density at radius 3 is 0.333 bits per heavy atom. The van der Waals surface area contributed by atoms with Gasteiger partial charge in [0.05, 0.1) is 46.9 Å². The predicted molar refractivity (Wildman–Crippen MR) is 74.9 cm³/mol.